The van der Waals surface area contributed by atoms with Crippen molar-refractivity contribution >= 4 is 12.1 Å². The fourth-order valence-corrected chi connectivity index (χ4v) is 1.27. The third kappa shape index (κ3) is 3.04. The van der Waals surface area contributed by atoms with Crippen LogP contribution >= 0.6 is 0 Å². The van der Waals surface area contributed by atoms with Gasteiger partial charge in [-0.2, -0.15) is 5.10 Å². The summed E-state index contributed by atoms with van der Waals surface area (Å²) in [6.07, 6.45) is 1.30. The highest BCUT2D eigenvalue weighted by molar-refractivity contribution is 5.79. The monoisotopic (exact) mass is 219 g/mol. The van der Waals surface area contributed by atoms with Crippen LogP contribution in [0.2, 0.25) is 0 Å². The van der Waals surface area contributed by atoms with E-state index in [4.69, 9.17) is 0 Å². The van der Waals surface area contributed by atoms with E-state index < -0.39 is 0 Å². The van der Waals surface area contributed by atoms with Gasteiger partial charge in [-0.05, 0) is 5.56 Å². The molecule has 2 rings (SSSR count). The van der Waals surface area contributed by atoms with E-state index in [0.29, 0.717) is 0 Å². The van der Waals surface area contributed by atoms with Crippen LogP contribution in [0.5, 0.6) is 0 Å². The molecular weight excluding hydrogens is 206 g/mol. The molecule has 1 aromatic carbocycles. The maximum Gasteiger partial charge on any atom is 0.238 e. The van der Waals surface area contributed by atoms with Crippen molar-refractivity contribution in [3.05, 3.63) is 35.9 Å². The molecule has 0 bridgehead atoms. The number of amides is 1. The zero-order valence-electron chi connectivity index (χ0n) is 8.60. The summed E-state index contributed by atoms with van der Waals surface area (Å²) in [5.74, 6) is -0.0776. The van der Waals surface area contributed by atoms with Crippen molar-refractivity contribution in [2.24, 2.45) is 5.10 Å². The van der Waals surface area contributed by atoms with Gasteiger partial charge in [0.2, 0.25) is 5.91 Å². The molecule has 0 aromatic heterocycles. The van der Waals surface area contributed by atoms with Crippen molar-refractivity contribution in [3.8, 4) is 0 Å². The Hall–Kier alpha value is -1.92. The summed E-state index contributed by atoms with van der Waals surface area (Å²) >= 11 is 0. The first-order valence-corrected chi connectivity index (χ1v) is 4.96. The Morgan fingerprint density at radius 3 is 2.94 bits per heavy atom. The number of rotatable bonds is 3. The maximum absolute atomic E-state index is 11.0. The summed E-state index contributed by atoms with van der Waals surface area (Å²) in [6, 6.07) is 9.69. The minimum atomic E-state index is -0.388. The van der Waals surface area contributed by atoms with Crippen LogP contribution in [-0.4, -0.2) is 25.0 Å². The largest absolute Gasteiger partial charge is 0.320 e. The summed E-state index contributed by atoms with van der Waals surface area (Å²) in [4.78, 5) is 11.0. The fraction of sp³-hybridized carbons (Fsp3) is 0.200. The zero-order valence-corrected chi connectivity index (χ0v) is 8.60. The summed E-state index contributed by atoms with van der Waals surface area (Å²) < 4.78 is 0. The molecule has 1 atom stereocenters. The Morgan fingerprint density at radius 2 is 2.19 bits per heavy atom. The Kier molecular flexibility index (Phi) is 3.47. The highest BCUT2D eigenvalue weighted by atomic mass is 16.2. The standard InChI is InChI=1S/C10H13N5O/c16-9-7-12-15-10(13-9)14-11-6-8-4-2-1-3-5-8/h1-6,10,12,14-15H,7H2,(H,13,16)/b11-6+. The molecule has 0 spiro atoms. The van der Waals surface area contributed by atoms with Crippen molar-refractivity contribution < 1.29 is 4.79 Å². The van der Waals surface area contributed by atoms with Crippen molar-refractivity contribution in [1.82, 2.24) is 21.6 Å². The summed E-state index contributed by atoms with van der Waals surface area (Å²) in [5, 5.41) is 6.67. The van der Waals surface area contributed by atoms with Gasteiger partial charge in [-0.1, -0.05) is 30.3 Å². The van der Waals surface area contributed by atoms with E-state index in [1.54, 1.807) is 6.21 Å². The number of hydrogen-bond acceptors (Lipinski definition) is 5. The molecule has 1 aliphatic heterocycles. The molecule has 16 heavy (non-hydrogen) atoms. The smallest absolute Gasteiger partial charge is 0.238 e. The number of carbonyl (C=O) groups is 1. The first kappa shape index (κ1) is 10.6. The quantitative estimate of drug-likeness (QED) is 0.393. The molecule has 1 fully saturated rings. The number of hydrogen-bond donors (Lipinski definition) is 4. The zero-order chi connectivity index (χ0) is 11.2. The van der Waals surface area contributed by atoms with Gasteiger partial charge in [0.05, 0.1) is 12.8 Å². The van der Waals surface area contributed by atoms with E-state index in [-0.39, 0.29) is 18.7 Å². The Morgan fingerprint density at radius 1 is 1.38 bits per heavy atom. The highest BCUT2D eigenvalue weighted by Gasteiger charge is 2.14. The maximum atomic E-state index is 11.0. The van der Waals surface area contributed by atoms with Gasteiger partial charge in [0, 0.05) is 0 Å². The average Bonchev–Trinajstić information content (AvgIpc) is 2.30. The third-order valence-electron chi connectivity index (χ3n) is 2.02. The van der Waals surface area contributed by atoms with Crippen LogP contribution in [0.25, 0.3) is 0 Å². The topological polar surface area (TPSA) is 77.6 Å². The lowest BCUT2D eigenvalue weighted by Crippen LogP contribution is -2.64. The van der Waals surface area contributed by atoms with Crippen LogP contribution in [0, 0.1) is 0 Å². The SMILES string of the molecule is O=C1CNNC(N/N=C/c2ccccc2)N1. The van der Waals surface area contributed by atoms with E-state index in [0.717, 1.165) is 5.56 Å². The number of carbonyl (C=O) groups excluding carboxylic acids is 1. The fourth-order valence-electron chi connectivity index (χ4n) is 1.27. The van der Waals surface area contributed by atoms with Crippen LogP contribution in [0.1, 0.15) is 5.56 Å². The molecule has 1 unspecified atom stereocenters. The Balaban J connectivity index is 1.83. The van der Waals surface area contributed by atoms with Crippen LogP contribution in [0.4, 0.5) is 0 Å². The number of nitrogens with one attached hydrogen (secondary N) is 4. The molecule has 1 amide bonds. The van der Waals surface area contributed by atoms with Gasteiger partial charge in [-0.25, -0.2) is 10.9 Å². The van der Waals surface area contributed by atoms with Crippen molar-refractivity contribution in [1.29, 1.82) is 0 Å². The number of benzene rings is 1. The van der Waals surface area contributed by atoms with E-state index in [1.807, 2.05) is 30.3 Å². The lowest BCUT2D eigenvalue weighted by Gasteiger charge is -2.24. The Bertz CT molecular complexity index is 378. The summed E-state index contributed by atoms with van der Waals surface area (Å²) in [6.45, 7) is 0.264. The molecule has 6 heteroatoms. The molecule has 84 valence electrons. The lowest BCUT2D eigenvalue weighted by atomic mass is 10.2. The van der Waals surface area contributed by atoms with E-state index in [1.165, 1.54) is 0 Å². The van der Waals surface area contributed by atoms with Gasteiger partial charge in [0.25, 0.3) is 0 Å². The molecule has 0 aliphatic carbocycles. The molecule has 1 aromatic rings. The molecule has 4 N–H and O–H groups in total. The second kappa shape index (κ2) is 5.24. The minimum Gasteiger partial charge on any atom is -0.320 e. The number of hydrazine groups is 1. The van der Waals surface area contributed by atoms with Crippen LogP contribution in [0.15, 0.2) is 35.4 Å². The third-order valence-corrected chi connectivity index (χ3v) is 2.02. The normalized spacial score (nSPS) is 20.8. The van der Waals surface area contributed by atoms with Crippen molar-refractivity contribution in [2.45, 2.75) is 6.29 Å². The van der Waals surface area contributed by atoms with Crippen molar-refractivity contribution in [2.75, 3.05) is 6.54 Å². The molecule has 0 radical (unpaired) electrons. The van der Waals surface area contributed by atoms with Crippen LogP contribution in [0.3, 0.4) is 0 Å². The van der Waals surface area contributed by atoms with Gasteiger partial charge < -0.3 is 5.32 Å². The van der Waals surface area contributed by atoms with Crippen LogP contribution in [-0.2, 0) is 4.79 Å². The Labute approximate surface area is 93.1 Å². The second-order valence-electron chi connectivity index (χ2n) is 3.30. The molecule has 0 saturated carbocycles. The highest BCUT2D eigenvalue weighted by Crippen LogP contribution is 1.93. The minimum absolute atomic E-state index is 0.0776. The van der Waals surface area contributed by atoms with Gasteiger partial charge in [0.1, 0.15) is 0 Å². The van der Waals surface area contributed by atoms with Crippen molar-refractivity contribution in [3.63, 3.8) is 0 Å². The molecule has 1 aliphatic rings. The predicted molar refractivity (Wildman–Crippen MR) is 60.2 cm³/mol. The molecule has 1 saturated heterocycles. The second-order valence-corrected chi connectivity index (χ2v) is 3.30. The van der Waals surface area contributed by atoms with Gasteiger partial charge in [-0.15, -0.1) is 0 Å². The lowest BCUT2D eigenvalue weighted by molar-refractivity contribution is -0.123. The van der Waals surface area contributed by atoms with E-state index in [9.17, 15) is 4.79 Å². The molecular formula is C10H13N5O. The number of nitrogens with zero attached hydrogens (tertiary/aromatic N) is 1. The van der Waals surface area contributed by atoms with Gasteiger partial charge >= 0.3 is 0 Å². The van der Waals surface area contributed by atoms with Crippen LogP contribution < -0.4 is 21.6 Å². The van der Waals surface area contributed by atoms with E-state index >= 15 is 0 Å². The molecule has 1 heterocycles. The summed E-state index contributed by atoms with van der Waals surface area (Å²) in [5.41, 5.74) is 9.32. The number of hydrazone groups is 1. The summed E-state index contributed by atoms with van der Waals surface area (Å²) in [7, 11) is 0. The molecule has 6 nitrogen and oxygen atoms in total. The average molecular weight is 219 g/mol. The van der Waals surface area contributed by atoms with Gasteiger partial charge in [-0.3, -0.25) is 10.2 Å². The predicted octanol–water partition coefficient (Wildman–Crippen LogP) is -0.882. The van der Waals surface area contributed by atoms with E-state index in [2.05, 4.69) is 26.7 Å². The first-order chi connectivity index (χ1) is 7.84. The van der Waals surface area contributed by atoms with Gasteiger partial charge in [0.15, 0.2) is 6.29 Å². The first-order valence-electron chi connectivity index (χ1n) is 4.96.